The summed E-state index contributed by atoms with van der Waals surface area (Å²) in [6, 6.07) is 0.347. The molecule has 54 valence electrons. The Bertz CT molecular complexity index is 94.9. The van der Waals surface area contributed by atoms with Crippen molar-refractivity contribution in [2.45, 2.75) is 32.4 Å². The third-order valence-electron chi connectivity index (χ3n) is 2.14. The molecule has 0 unspecified atom stereocenters. The van der Waals surface area contributed by atoms with Gasteiger partial charge in [0, 0.05) is 12.6 Å². The van der Waals surface area contributed by atoms with Crippen molar-refractivity contribution in [3.63, 3.8) is 0 Å². The van der Waals surface area contributed by atoms with Crippen molar-refractivity contribution in [2.75, 3.05) is 6.54 Å². The molecule has 0 radical (unpaired) electrons. The Morgan fingerprint density at radius 2 is 2.33 bits per heavy atom. The van der Waals surface area contributed by atoms with Crippen LogP contribution >= 0.6 is 0 Å². The summed E-state index contributed by atoms with van der Waals surface area (Å²) < 4.78 is 0. The number of hydrogen-bond donors (Lipinski definition) is 2. The van der Waals surface area contributed by atoms with Gasteiger partial charge in [-0.1, -0.05) is 13.8 Å². The Kier molecular flexibility index (Phi) is 2.09. The number of rotatable bonds is 1. The molecule has 0 amide bonds. The summed E-state index contributed by atoms with van der Waals surface area (Å²) in [5, 5.41) is 12.7. The molecular weight excluding hydrogens is 114 g/mol. The fourth-order valence-electron chi connectivity index (χ4n) is 1.36. The summed E-state index contributed by atoms with van der Waals surface area (Å²) in [4.78, 5) is 0. The average molecular weight is 129 g/mol. The SMILES string of the molecule is CC[C@H]1NC[C@H](C)[C@@H]1O. The van der Waals surface area contributed by atoms with Crippen molar-refractivity contribution in [1.82, 2.24) is 5.32 Å². The second-order valence-electron chi connectivity index (χ2n) is 2.89. The van der Waals surface area contributed by atoms with Crippen LogP contribution in [0.5, 0.6) is 0 Å². The van der Waals surface area contributed by atoms with Crippen LogP contribution in [0.4, 0.5) is 0 Å². The van der Waals surface area contributed by atoms with E-state index in [-0.39, 0.29) is 6.10 Å². The largest absolute Gasteiger partial charge is 0.391 e. The Morgan fingerprint density at radius 1 is 1.67 bits per heavy atom. The zero-order valence-corrected chi connectivity index (χ0v) is 6.09. The number of aliphatic hydroxyl groups is 1. The first-order valence-electron chi connectivity index (χ1n) is 3.67. The van der Waals surface area contributed by atoms with E-state index < -0.39 is 0 Å². The summed E-state index contributed by atoms with van der Waals surface area (Å²) in [5.74, 6) is 0.440. The van der Waals surface area contributed by atoms with Gasteiger partial charge in [-0.3, -0.25) is 0 Å². The molecule has 2 N–H and O–H groups in total. The van der Waals surface area contributed by atoms with E-state index in [2.05, 4.69) is 19.2 Å². The quantitative estimate of drug-likeness (QED) is 0.536. The van der Waals surface area contributed by atoms with E-state index >= 15 is 0 Å². The normalized spacial score (nSPS) is 43.7. The third kappa shape index (κ3) is 1.25. The highest BCUT2D eigenvalue weighted by molar-refractivity contribution is 4.86. The molecule has 0 spiro atoms. The molecule has 2 nitrogen and oxygen atoms in total. The number of aliphatic hydroxyl groups excluding tert-OH is 1. The molecule has 1 aliphatic heterocycles. The first-order valence-corrected chi connectivity index (χ1v) is 3.67. The van der Waals surface area contributed by atoms with Gasteiger partial charge < -0.3 is 10.4 Å². The van der Waals surface area contributed by atoms with Gasteiger partial charge in [0.05, 0.1) is 6.10 Å². The first kappa shape index (κ1) is 7.03. The van der Waals surface area contributed by atoms with E-state index in [1.807, 2.05) is 0 Å². The molecule has 0 aromatic rings. The fraction of sp³-hybridized carbons (Fsp3) is 1.00. The maximum Gasteiger partial charge on any atom is 0.0730 e. The molecule has 1 aliphatic rings. The highest BCUT2D eigenvalue weighted by Crippen LogP contribution is 2.15. The van der Waals surface area contributed by atoms with Crippen LogP contribution in [0.3, 0.4) is 0 Å². The van der Waals surface area contributed by atoms with Crippen molar-refractivity contribution >= 4 is 0 Å². The lowest BCUT2D eigenvalue weighted by atomic mass is 10.0. The van der Waals surface area contributed by atoms with Crippen molar-refractivity contribution in [3.8, 4) is 0 Å². The van der Waals surface area contributed by atoms with Crippen LogP contribution in [0.15, 0.2) is 0 Å². The summed E-state index contributed by atoms with van der Waals surface area (Å²) >= 11 is 0. The maximum atomic E-state index is 9.39. The lowest BCUT2D eigenvalue weighted by molar-refractivity contribution is 0.123. The molecule has 0 aromatic carbocycles. The predicted molar refractivity (Wildman–Crippen MR) is 37.3 cm³/mol. The van der Waals surface area contributed by atoms with E-state index in [1.165, 1.54) is 0 Å². The molecule has 9 heavy (non-hydrogen) atoms. The van der Waals surface area contributed by atoms with E-state index in [4.69, 9.17) is 0 Å². The number of nitrogens with one attached hydrogen (secondary N) is 1. The molecule has 0 aliphatic carbocycles. The number of hydrogen-bond acceptors (Lipinski definition) is 2. The zero-order chi connectivity index (χ0) is 6.85. The molecule has 3 atom stereocenters. The fourth-order valence-corrected chi connectivity index (χ4v) is 1.36. The van der Waals surface area contributed by atoms with Crippen LogP contribution in [0.2, 0.25) is 0 Å². The van der Waals surface area contributed by atoms with Crippen molar-refractivity contribution in [2.24, 2.45) is 5.92 Å². The second kappa shape index (κ2) is 2.67. The monoisotopic (exact) mass is 129 g/mol. The standard InChI is InChI=1S/C7H15NO/c1-3-6-7(9)5(2)4-8-6/h5-9H,3-4H2,1-2H3/t5-,6+,7-/m0/s1. The molecular formula is C7H15NO. The van der Waals surface area contributed by atoms with Gasteiger partial charge in [0.2, 0.25) is 0 Å². The molecule has 0 saturated carbocycles. The van der Waals surface area contributed by atoms with Crippen LogP contribution in [0.25, 0.3) is 0 Å². The van der Waals surface area contributed by atoms with Crippen LogP contribution in [0.1, 0.15) is 20.3 Å². The lowest BCUT2D eigenvalue weighted by Gasteiger charge is -2.13. The molecule has 1 saturated heterocycles. The smallest absolute Gasteiger partial charge is 0.0730 e. The van der Waals surface area contributed by atoms with Crippen molar-refractivity contribution in [3.05, 3.63) is 0 Å². The highest BCUT2D eigenvalue weighted by atomic mass is 16.3. The predicted octanol–water partition coefficient (Wildman–Crippen LogP) is 0.365. The average Bonchev–Trinajstić information content (AvgIpc) is 2.15. The van der Waals surface area contributed by atoms with E-state index in [0.717, 1.165) is 13.0 Å². The van der Waals surface area contributed by atoms with Gasteiger partial charge in [0.25, 0.3) is 0 Å². The minimum Gasteiger partial charge on any atom is -0.391 e. The van der Waals surface area contributed by atoms with E-state index in [0.29, 0.717) is 12.0 Å². The van der Waals surface area contributed by atoms with Crippen LogP contribution in [-0.4, -0.2) is 23.8 Å². The summed E-state index contributed by atoms with van der Waals surface area (Å²) in [6.07, 6.45) is 0.918. The Labute approximate surface area is 56.3 Å². The van der Waals surface area contributed by atoms with Gasteiger partial charge in [-0.2, -0.15) is 0 Å². The topological polar surface area (TPSA) is 32.3 Å². The second-order valence-corrected chi connectivity index (χ2v) is 2.89. The van der Waals surface area contributed by atoms with Gasteiger partial charge in [-0.05, 0) is 12.3 Å². The van der Waals surface area contributed by atoms with E-state index in [9.17, 15) is 5.11 Å². The summed E-state index contributed by atoms with van der Waals surface area (Å²) in [5.41, 5.74) is 0. The summed E-state index contributed by atoms with van der Waals surface area (Å²) in [7, 11) is 0. The summed E-state index contributed by atoms with van der Waals surface area (Å²) in [6.45, 7) is 5.14. The highest BCUT2D eigenvalue weighted by Gasteiger charge is 2.29. The van der Waals surface area contributed by atoms with Crippen LogP contribution in [-0.2, 0) is 0 Å². The Morgan fingerprint density at radius 3 is 2.56 bits per heavy atom. The van der Waals surface area contributed by atoms with Crippen molar-refractivity contribution in [1.29, 1.82) is 0 Å². The zero-order valence-electron chi connectivity index (χ0n) is 6.09. The van der Waals surface area contributed by atoms with Gasteiger partial charge in [-0.15, -0.1) is 0 Å². The third-order valence-corrected chi connectivity index (χ3v) is 2.14. The van der Waals surface area contributed by atoms with Gasteiger partial charge in [0.15, 0.2) is 0 Å². The van der Waals surface area contributed by atoms with Gasteiger partial charge in [0.1, 0.15) is 0 Å². The minimum atomic E-state index is -0.116. The molecule has 1 heterocycles. The van der Waals surface area contributed by atoms with Gasteiger partial charge >= 0.3 is 0 Å². The molecule has 0 bridgehead atoms. The van der Waals surface area contributed by atoms with Crippen molar-refractivity contribution < 1.29 is 5.11 Å². The van der Waals surface area contributed by atoms with Crippen LogP contribution in [0, 0.1) is 5.92 Å². The lowest BCUT2D eigenvalue weighted by Crippen LogP contribution is -2.29. The molecule has 2 heteroatoms. The molecule has 1 fully saturated rings. The minimum absolute atomic E-state index is 0.116. The maximum absolute atomic E-state index is 9.39. The Hall–Kier alpha value is -0.0800. The molecule has 0 aromatic heterocycles. The van der Waals surface area contributed by atoms with Gasteiger partial charge in [-0.25, -0.2) is 0 Å². The van der Waals surface area contributed by atoms with Crippen LogP contribution < -0.4 is 5.32 Å². The van der Waals surface area contributed by atoms with E-state index in [1.54, 1.807) is 0 Å². The first-order chi connectivity index (χ1) is 4.25. The Balaban J connectivity index is 2.41. The molecule has 1 rings (SSSR count).